The summed E-state index contributed by atoms with van der Waals surface area (Å²) in [6.45, 7) is 10.7. The van der Waals surface area contributed by atoms with Crippen LogP contribution in [0.5, 0.6) is 0 Å². The number of hydrogen-bond donors (Lipinski definition) is 2. The normalized spacial score (nSPS) is 13.6. The molecule has 0 heterocycles. The van der Waals surface area contributed by atoms with E-state index in [1.807, 2.05) is 25.1 Å². The van der Waals surface area contributed by atoms with Crippen molar-refractivity contribution in [3.63, 3.8) is 0 Å². The van der Waals surface area contributed by atoms with E-state index in [0.717, 1.165) is 29.5 Å². The Hall–Kier alpha value is -2.53. The van der Waals surface area contributed by atoms with Crippen molar-refractivity contribution >= 4 is 0 Å². The highest BCUT2D eigenvalue weighted by atomic mass is 19.1. The average molecular weight is 478 g/mol. The van der Waals surface area contributed by atoms with E-state index in [4.69, 9.17) is 4.74 Å². The van der Waals surface area contributed by atoms with Crippen LogP contribution in [0.2, 0.25) is 0 Å². The van der Waals surface area contributed by atoms with Gasteiger partial charge < -0.3 is 15.2 Å². The number of aliphatic hydroxyl groups excluding tert-OH is 1. The molecule has 4 heteroatoms. The number of ether oxygens (including phenoxy) is 1. The molecule has 0 radical (unpaired) electrons. The van der Waals surface area contributed by atoms with Gasteiger partial charge in [0.15, 0.2) is 0 Å². The number of aliphatic hydroxyl groups is 1. The summed E-state index contributed by atoms with van der Waals surface area (Å²) in [6, 6.07) is 22.4. The first-order valence-electron chi connectivity index (χ1n) is 12.7. The van der Waals surface area contributed by atoms with E-state index in [-0.39, 0.29) is 24.1 Å². The molecule has 35 heavy (non-hydrogen) atoms. The van der Waals surface area contributed by atoms with Gasteiger partial charge in [-0.25, -0.2) is 4.39 Å². The Labute approximate surface area is 210 Å². The Morgan fingerprint density at radius 1 is 1.00 bits per heavy atom. The van der Waals surface area contributed by atoms with Crippen LogP contribution in [-0.4, -0.2) is 29.9 Å². The first kappa shape index (κ1) is 27.1. The van der Waals surface area contributed by atoms with Crippen LogP contribution in [0, 0.1) is 12.7 Å². The summed E-state index contributed by atoms with van der Waals surface area (Å²) in [6.07, 6.45) is 2.05. The van der Waals surface area contributed by atoms with Crippen LogP contribution in [0.15, 0.2) is 66.7 Å². The van der Waals surface area contributed by atoms with Crippen LogP contribution in [0.1, 0.15) is 62.5 Å². The number of rotatable bonds is 12. The lowest BCUT2D eigenvalue weighted by atomic mass is 9.94. The maximum atomic E-state index is 13.9. The summed E-state index contributed by atoms with van der Waals surface area (Å²) in [5, 5.41) is 14.0. The number of benzene rings is 3. The van der Waals surface area contributed by atoms with Crippen molar-refractivity contribution in [1.29, 1.82) is 0 Å². The molecular weight excluding hydrogens is 437 g/mol. The molecule has 0 amide bonds. The lowest BCUT2D eigenvalue weighted by molar-refractivity contribution is -0.00397. The summed E-state index contributed by atoms with van der Waals surface area (Å²) in [4.78, 5) is 0. The molecule has 3 nitrogen and oxygen atoms in total. The molecule has 2 N–H and O–H groups in total. The fourth-order valence-corrected chi connectivity index (χ4v) is 4.41. The first-order valence-corrected chi connectivity index (χ1v) is 12.7. The Kier molecular flexibility index (Phi) is 9.62. The predicted octanol–water partition coefficient (Wildman–Crippen LogP) is 6.80. The number of β-amino-alcohol motifs (C(OH)–C–C–N with tert-alkyl or cyclic N) is 1. The zero-order valence-electron chi connectivity index (χ0n) is 21.8. The van der Waals surface area contributed by atoms with Gasteiger partial charge in [-0.05, 0) is 80.0 Å². The summed E-state index contributed by atoms with van der Waals surface area (Å²) < 4.78 is 20.0. The first-order chi connectivity index (χ1) is 16.7. The molecular formula is C31H40FNO2. The highest BCUT2D eigenvalue weighted by Gasteiger charge is 2.21. The smallest absolute Gasteiger partial charge is 0.126 e. The summed E-state index contributed by atoms with van der Waals surface area (Å²) in [5.74, 6) is -0.182. The molecule has 3 aromatic rings. The number of hydrogen-bond acceptors (Lipinski definition) is 3. The molecule has 188 valence electrons. The van der Waals surface area contributed by atoms with Crippen molar-refractivity contribution in [2.24, 2.45) is 0 Å². The number of halogens is 1. The molecule has 3 rings (SSSR count). The predicted molar refractivity (Wildman–Crippen MR) is 143 cm³/mol. The molecule has 0 aliphatic heterocycles. The monoisotopic (exact) mass is 477 g/mol. The van der Waals surface area contributed by atoms with Crippen LogP contribution in [0.3, 0.4) is 0 Å². The molecule has 0 aromatic heterocycles. The third-order valence-electron chi connectivity index (χ3n) is 6.41. The fraction of sp³-hybridized carbons (Fsp3) is 0.419. The standard InChI is InChI=1S/C31H40FNO2/c1-6-10-24-11-9-12-26(17-24)29-14-8-7-13-28(29)23(3)35-21-27(34)20-33-31(4,5)19-25-16-15-22(2)30(32)18-25/h7-9,11-18,23,27,33-34H,6,10,19-21H2,1-5H3/t23?,27-/m1/s1. The Morgan fingerprint density at radius 3 is 2.51 bits per heavy atom. The van der Waals surface area contributed by atoms with Gasteiger partial charge in [-0.2, -0.15) is 0 Å². The molecule has 0 bridgehead atoms. The Balaban J connectivity index is 1.56. The van der Waals surface area contributed by atoms with Crippen LogP contribution in [0.4, 0.5) is 4.39 Å². The van der Waals surface area contributed by atoms with Crippen LogP contribution >= 0.6 is 0 Å². The van der Waals surface area contributed by atoms with E-state index in [0.29, 0.717) is 18.5 Å². The second kappa shape index (κ2) is 12.4. The quantitative estimate of drug-likeness (QED) is 0.301. The second-order valence-corrected chi connectivity index (χ2v) is 10.2. The lowest BCUT2D eigenvalue weighted by Gasteiger charge is -2.28. The molecule has 0 aliphatic rings. The second-order valence-electron chi connectivity index (χ2n) is 10.2. The van der Waals surface area contributed by atoms with Crippen LogP contribution in [0.25, 0.3) is 11.1 Å². The van der Waals surface area contributed by atoms with Gasteiger partial charge in [-0.3, -0.25) is 0 Å². The van der Waals surface area contributed by atoms with Gasteiger partial charge in [0.25, 0.3) is 0 Å². The lowest BCUT2D eigenvalue weighted by Crippen LogP contribution is -2.46. The minimum Gasteiger partial charge on any atom is -0.389 e. The van der Waals surface area contributed by atoms with E-state index in [2.05, 4.69) is 68.6 Å². The van der Waals surface area contributed by atoms with E-state index in [1.54, 1.807) is 13.0 Å². The largest absolute Gasteiger partial charge is 0.389 e. The molecule has 0 aliphatic carbocycles. The SMILES string of the molecule is CCCc1cccc(-c2ccccc2C(C)OC[C@H](O)CNC(C)(C)Cc2ccc(C)c(F)c2)c1. The third kappa shape index (κ3) is 7.99. The highest BCUT2D eigenvalue weighted by molar-refractivity contribution is 5.68. The molecule has 1 unspecified atom stereocenters. The van der Waals surface area contributed by atoms with Gasteiger partial charge in [-0.1, -0.05) is 74.0 Å². The topological polar surface area (TPSA) is 41.5 Å². The van der Waals surface area contributed by atoms with E-state index in [1.165, 1.54) is 11.1 Å². The molecule has 2 atom stereocenters. The maximum absolute atomic E-state index is 13.9. The van der Waals surface area contributed by atoms with Crippen molar-refractivity contribution in [2.75, 3.05) is 13.2 Å². The van der Waals surface area contributed by atoms with Crippen LogP contribution in [-0.2, 0) is 17.6 Å². The zero-order chi connectivity index (χ0) is 25.4. The van der Waals surface area contributed by atoms with Gasteiger partial charge in [0, 0.05) is 12.1 Å². The molecule has 0 fully saturated rings. The summed E-state index contributed by atoms with van der Waals surface area (Å²) in [5.41, 5.74) is 6.11. The van der Waals surface area contributed by atoms with Crippen molar-refractivity contribution in [3.8, 4) is 11.1 Å². The van der Waals surface area contributed by atoms with Gasteiger partial charge in [0.2, 0.25) is 0 Å². The van der Waals surface area contributed by atoms with Crippen molar-refractivity contribution in [2.45, 2.75) is 71.6 Å². The summed E-state index contributed by atoms with van der Waals surface area (Å²) >= 11 is 0. The fourth-order valence-electron chi connectivity index (χ4n) is 4.41. The van der Waals surface area contributed by atoms with E-state index in [9.17, 15) is 9.50 Å². The van der Waals surface area contributed by atoms with E-state index < -0.39 is 6.10 Å². The van der Waals surface area contributed by atoms with Gasteiger partial charge in [-0.15, -0.1) is 0 Å². The molecule has 3 aromatic carbocycles. The van der Waals surface area contributed by atoms with Crippen molar-refractivity contribution in [3.05, 3.63) is 94.8 Å². The minimum atomic E-state index is -0.647. The van der Waals surface area contributed by atoms with Crippen LogP contribution < -0.4 is 5.32 Å². The van der Waals surface area contributed by atoms with Crippen molar-refractivity contribution < 1.29 is 14.2 Å². The minimum absolute atomic E-state index is 0.153. The molecule has 0 saturated heterocycles. The zero-order valence-corrected chi connectivity index (χ0v) is 21.8. The number of nitrogens with one attached hydrogen (secondary N) is 1. The molecule has 0 saturated carbocycles. The highest BCUT2D eigenvalue weighted by Crippen LogP contribution is 2.30. The van der Waals surface area contributed by atoms with Gasteiger partial charge >= 0.3 is 0 Å². The van der Waals surface area contributed by atoms with E-state index >= 15 is 0 Å². The Bertz CT molecular complexity index is 1090. The van der Waals surface area contributed by atoms with Gasteiger partial charge in [0.05, 0.1) is 18.8 Å². The maximum Gasteiger partial charge on any atom is 0.126 e. The number of aryl methyl sites for hydroxylation is 2. The van der Waals surface area contributed by atoms with Crippen molar-refractivity contribution in [1.82, 2.24) is 5.32 Å². The average Bonchev–Trinajstić information content (AvgIpc) is 2.84. The molecule has 0 spiro atoms. The summed E-state index contributed by atoms with van der Waals surface area (Å²) in [7, 11) is 0. The Morgan fingerprint density at radius 2 is 1.77 bits per heavy atom. The third-order valence-corrected chi connectivity index (χ3v) is 6.41. The van der Waals surface area contributed by atoms with Gasteiger partial charge in [0.1, 0.15) is 5.82 Å².